The van der Waals surface area contributed by atoms with E-state index in [1.165, 1.54) is 24.5 Å². The molecule has 0 aliphatic carbocycles. The molecule has 0 saturated heterocycles. The first kappa shape index (κ1) is 9.92. The molecule has 0 radical (unpaired) electrons. The van der Waals surface area contributed by atoms with Gasteiger partial charge in [-0.25, -0.2) is 9.37 Å². The summed E-state index contributed by atoms with van der Waals surface area (Å²) in [6, 6.07) is 4.64. The molecule has 0 aliphatic heterocycles. The number of halogens is 1. The molecule has 2 N–H and O–H groups in total. The van der Waals surface area contributed by atoms with Crippen molar-refractivity contribution in [2.45, 2.75) is 0 Å². The number of hydrogen-bond donors (Lipinski definition) is 1. The fraction of sp³-hybridized carbons (Fsp3) is 0.100. The highest BCUT2D eigenvalue weighted by Gasteiger charge is 2.09. The largest absolute Gasteiger partial charge is 0.497 e. The van der Waals surface area contributed by atoms with Gasteiger partial charge in [-0.15, -0.1) is 11.3 Å². The van der Waals surface area contributed by atoms with Crippen molar-refractivity contribution in [1.82, 2.24) is 4.98 Å². The van der Waals surface area contributed by atoms with Gasteiger partial charge in [-0.1, -0.05) is 0 Å². The lowest BCUT2D eigenvalue weighted by Crippen LogP contribution is -1.89. The summed E-state index contributed by atoms with van der Waals surface area (Å²) in [7, 11) is 1.50. The normalized spacial score (nSPS) is 10.3. The first-order chi connectivity index (χ1) is 7.20. The van der Waals surface area contributed by atoms with E-state index >= 15 is 0 Å². The molecule has 1 aromatic carbocycles. The van der Waals surface area contributed by atoms with E-state index in [0.717, 1.165) is 0 Å². The molecular formula is C10H9FN2OS. The summed E-state index contributed by atoms with van der Waals surface area (Å²) in [4.78, 5) is 4.01. The summed E-state index contributed by atoms with van der Waals surface area (Å²) in [6.45, 7) is 0. The second-order valence-electron chi connectivity index (χ2n) is 2.92. The number of nitrogens with zero attached hydrogens (tertiary/aromatic N) is 1. The van der Waals surface area contributed by atoms with E-state index in [9.17, 15) is 4.39 Å². The van der Waals surface area contributed by atoms with E-state index in [4.69, 9.17) is 10.5 Å². The number of anilines is 1. The molecule has 5 heteroatoms. The van der Waals surface area contributed by atoms with Crippen LogP contribution in [-0.2, 0) is 0 Å². The van der Waals surface area contributed by atoms with E-state index in [1.54, 1.807) is 17.5 Å². The Morgan fingerprint density at radius 1 is 1.47 bits per heavy atom. The van der Waals surface area contributed by atoms with E-state index < -0.39 is 0 Å². The summed E-state index contributed by atoms with van der Waals surface area (Å²) in [5.74, 6) is 0.124. The lowest BCUT2D eigenvalue weighted by atomic mass is 10.1. The number of aromatic nitrogens is 1. The Bertz CT molecular complexity index is 484. The number of hydrogen-bond acceptors (Lipinski definition) is 4. The molecule has 0 amide bonds. The minimum absolute atomic E-state index is 0.361. The van der Waals surface area contributed by atoms with Crippen LogP contribution in [-0.4, -0.2) is 12.1 Å². The van der Waals surface area contributed by atoms with Crippen LogP contribution in [0.1, 0.15) is 0 Å². The van der Waals surface area contributed by atoms with Crippen molar-refractivity contribution in [3.8, 4) is 17.0 Å². The molecule has 15 heavy (non-hydrogen) atoms. The summed E-state index contributed by atoms with van der Waals surface area (Å²) < 4.78 is 18.5. The Labute approximate surface area is 90.3 Å². The molecule has 0 atom stereocenters. The Kier molecular flexibility index (Phi) is 2.55. The number of rotatable bonds is 2. The van der Waals surface area contributed by atoms with Gasteiger partial charge in [-0.05, 0) is 12.1 Å². The number of ether oxygens (including phenoxy) is 1. The van der Waals surface area contributed by atoms with E-state index in [-0.39, 0.29) is 5.82 Å². The van der Waals surface area contributed by atoms with Crippen molar-refractivity contribution >= 4 is 16.5 Å². The molecule has 3 nitrogen and oxygen atoms in total. The lowest BCUT2D eigenvalue weighted by molar-refractivity contribution is 0.411. The zero-order valence-electron chi connectivity index (χ0n) is 8.03. The number of nitrogen functional groups attached to an aromatic ring is 1. The molecule has 0 aliphatic rings. The predicted octanol–water partition coefficient (Wildman–Crippen LogP) is 2.54. The maximum absolute atomic E-state index is 13.6. The Balaban J connectivity index is 2.45. The zero-order valence-corrected chi connectivity index (χ0v) is 8.84. The van der Waals surface area contributed by atoms with Gasteiger partial charge >= 0.3 is 0 Å². The van der Waals surface area contributed by atoms with Gasteiger partial charge in [0.15, 0.2) is 5.13 Å². The molecule has 0 saturated carbocycles. The predicted molar refractivity (Wildman–Crippen MR) is 58.5 cm³/mol. The summed E-state index contributed by atoms with van der Waals surface area (Å²) in [5.41, 5.74) is 6.47. The van der Waals surface area contributed by atoms with Gasteiger partial charge < -0.3 is 10.5 Å². The Hall–Kier alpha value is -1.62. The van der Waals surface area contributed by atoms with Crippen LogP contribution in [0.5, 0.6) is 5.75 Å². The first-order valence-electron chi connectivity index (χ1n) is 4.25. The molecular weight excluding hydrogens is 215 g/mol. The minimum Gasteiger partial charge on any atom is -0.497 e. The molecule has 0 spiro atoms. The van der Waals surface area contributed by atoms with Gasteiger partial charge in [0, 0.05) is 17.0 Å². The number of benzene rings is 1. The van der Waals surface area contributed by atoms with Crippen LogP contribution in [0, 0.1) is 5.82 Å². The van der Waals surface area contributed by atoms with Crippen LogP contribution in [0.2, 0.25) is 0 Å². The number of nitrogens with two attached hydrogens (primary N) is 1. The van der Waals surface area contributed by atoms with Gasteiger partial charge in [-0.2, -0.15) is 0 Å². The summed E-state index contributed by atoms with van der Waals surface area (Å²) in [5, 5.41) is 2.15. The molecule has 2 rings (SSSR count). The third-order valence-corrected chi connectivity index (χ3v) is 2.65. The quantitative estimate of drug-likeness (QED) is 0.852. The second-order valence-corrected chi connectivity index (χ2v) is 3.81. The highest BCUT2D eigenvalue weighted by Crippen LogP contribution is 2.27. The SMILES string of the molecule is COc1ccc(-c2csc(N)n2)c(F)c1. The molecule has 0 bridgehead atoms. The van der Waals surface area contributed by atoms with E-state index in [0.29, 0.717) is 22.1 Å². The first-order valence-corrected chi connectivity index (χ1v) is 5.13. The summed E-state index contributed by atoms with van der Waals surface area (Å²) >= 11 is 1.29. The van der Waals surface area contributed by atoms with Crippen LogP contribution in [0.4, 0.5) is 9.52 Å². The summed E-state index contributed by atoms with van der Waals surface area (Å²) in [6.07, 6.45) is 0. The van der Waals surface area contributed by atoms with Crippen molar-refractivity contribution in [2.75, 3.05) is 12.8 Å². The Morgan fingerprint density at radius 3 is 2.80 bits per heavy atom. The third kappa shape index (κ3) is 1.92. The smallest absolute Gasteiger partial charge is 0.180 e. The third-order valence-electron chi connectivity index (χ3n) is 1.97. The van der Waals surface area contributed by atoms with Gasteiger partial charge in [0.05, 0.1) is 12.8 Å². The van der Waals surface area contributed by atoms with Crippen LogP contribution in [0.25, 0.3) is 11.3 Å². The standard InChI is InChI=1S/C10H9FN2OS/c1-14-6-2-3-7(8(11)4-6)9-5-15-10(12)13-9/h2-5H,1H3,(H2,12,13). The van der Waals surface area contributed by atoms with Crippen molar-refractivity contribution < 1.29 is 9.13 Å². The van der Waals surface area contributed by atoms with Gasteiger partial charge in [-0.3, -0.25) is 0 Å². The van der Waals surface area contributed by atoms with Crippen LogP contribution >= 0.6 is 11.3 Å². The molecule has 0 fully saturated rings. The average Bonchev–Trinajstić information content (AvgIpc) is 2.64. The topological polar surface area (TPSA) is 48.1 Å². The molecule has 78 valence electrons. The molecule has 1 heterocycles. The van der Waals surface area contributed by atoms with Crippen molar-refractivity contribution in [3.63, 3.8) is 0 Å². The average molecular weight is 224 g/mol. The minimum atomic E-state index is -0.361. The van der Waals surface area contributed by atoms with Crippen LogP contribution in [0.15, 0.2) is 23.6 Å². The Morgan fingerprint density at radius 2 is 2.27 bits per heavy atom. The van der Waals surface area contributed by atoms with Crippen molar-refractivity contribution in [1.29, 1.82) is 0 Å². The monoisotopic (exact) mass is 224 g/mol. The highest BCUT2D eigenvalue weighted by atomic mass is 32.1. The van der Waals surface area contributed by atoms with Crippen molar-refractivity contribution in [2.24, 2.45) is 0 Å². The number of methoxy groups -OCH3 is 1. The highest BCUT2D eigenvalue weighted by molar-refractivity contribution is 7.13. The van der Waals surface area contributed by atoms with E-state index in [2.05, 4.69) is 4.98 Å². The van der Waals surface area contributed by atoms with Crippen LogP contribution in [0.3, 0.4) is 0 Å². The molecule has 2 aromatic rings. The fourth-order valence-corrected chi connectivity index (χ4v) is 1.80. The maximum Gasteiger partial charge on any atom is 0.180 e. The van der Waals surface area contributed by atoms with Gasteiger partial charge in [0.2, 0.25) is 0 Å². The van der Waals surface area contributed by atoms with Gasteiger partial charge in [0.1, 0.15) is 11.6 Å². The molecule has 0 unspecified atom stereocenters. The lowest BCUT2D eigenvalue weighted by Gasteiger charge is -2.02. The molecule has 1 aromatic heterocycles. The number of thiazole rings is 1. The maximum atomic E-state index is 13.6. The van der Waals surface area contributed by atoms with Crippen LogP contribution < -0.4 is 10.5 Å². The van der Waals surface area contributed by atoms with Gasteiger partial charge in [0.25, 0.3) is 0 Å². The fourth-order valence-electron chi connectivity index (χ4n) is 1.24. The van der Waals surface area contributed by atoms with Crippen molar-refractivity contribution in [3.05, 3.63) is 29.4 Å². The zero-order chi connectivity index (χ0) is 10.8. The second kappa shape index (κ2) is 3.86. The van der Waals surface area contributed by atoms with E-state index in [1.807, 2.05) is 0 Å².